The average Bonchev–Trinajstić information content (AvgIpc) is 2.65. The van der Waals surface area contributed by atoms with Crippen molar-refractivity contribution in [2.24, 2.45) is 0 Å². The number of urea groups is 1. The minimum atomic E-state index is -0.323. The van der Waals surface area contributed by atoms with E-state index in [1.165, 1.54) is 4.90 Å². The predicted octanol–water partition coefficient (Wildman–Crippen LogP) is 3.66. The largest absolute Gasteiger partial charge is 0.337 e. The van der Waals surface area contributed by atoms with Gasteiger partial charge >= 0.3 is 6.03 Å². The Kier molecular flexibility index (Phi) is 5.92. The van der Waals surface area contributed by atoms with Crippen LogP contribution in [0.3, 0.4) is 0 Å². The Morgan fingerprint density at radius 1 is 1.00 bits per heavy atom. The molecule has 2 aromatic rings. The molecule has 3 rings (SSSR count). The third-order valence-electron chi connectivity index (χ3n) is 3.68. The summed E-state index contributed by atoms with van der Waals surface area (Å²) in [4.78, 5) is 25.7. The van der Waals surface area contributed by atoms with E-state index in [-0.39, 0.29) is 17.9 Å². The first-order chi connectivity index (χ1) is 11.3. The van der Waals surface area contributed by atoms with Gasteiger partial charge < -0.3 is 5.32 Å². The minimum absolute atomic E-state index is 0.122. The first-order valence-electron chi connectivity index (χ1n) is 7.95. The fraction of sp³-hybridized carbons (Fsp3) is 0.263. The van der Waals surface area contributed by atoms with Crippen LogP contribution in [-0.4, -0.2) is 29.9 Å². The summed E-state index contributed by atoms with van der Waals surface area (Å²) in [6, 6.07) is 18.5. The van der Waals surface area contributed by atoms with Gasteiger partial charge in [-0.1, -0.05) is 62.4 Å². The van der Waals surface area contributed by atoms with Gasteiger partial charge in [0.05, 0.1) is 0 Å². The van der Waals surface area contributed by atoms with E-state index in [1.54, 1.807) is 24.3 Å². The van der Waals surface area contributed by atoms with E-state index in [0.29, 0.717) is 18.7 Å². The van der Waals surface area contributed by atoms with E-state index in [1.807, 2.05) is 50.2 Å². The molecule has 1 aliphatic heterocycles. The summed E-state index contributed by atoms with van der Waals surface area (Å²) in [6.45, 7) is 4.96. The molecule has 4 nitrogen and oxygen atoms in total. The van der Waals surface area contributed by atoms with Crippen LogP contribution in [-0.2, 0) is 0 Å². The second kappa shape index (κ2) is 8.13. The van der Waals surface area contributed by atoms with E-state index < -0.39 is 0 Å². The lowest BCUT2D eigenvalue weighted by Gasteiger charge is -2.32. The lowest BCUT2D eigenvalue weighted by molar-refractivity contribution is 0.0772. The molecule has 0 radical (unpaired) electrons. The van der Waals surface area contributed by atoms with Crippen LogP contribution in [0.1, 0.15) is 35.7 Å². The van der Waals surface area contributed by atoms with Crippen LogP contribution >= 0.6 is 0 Å². The number of hydrogen-bond donors (Lipinski definition) is 1. The van der Waals surface area contributed by atoms with Gasteiger partial charge in [-0.2, -0.15) is 0 Å². The van der Waals surface area contributed by atoms with Gasteiger partial charge in [0.2, 0.25) is 0 Å². The van der Waals surface area contributed by atoms with E-state index >= 15 is 0 Å². The number of carbonyl (C=O) groups is 2. The molecule has 1 unspecified atom stereocenters. The van der Waals surface area contributed by atoms with E-state index in [0.717, 1.165) is 5.56 Å². The highest BCUT2D eigenvalue weighted by Crippen LogP contribution is 2.21. The van der Waals surface area contributed by atoms with Crippen LogP contribution in [0.15, 0.2) is 60.7 Å². The molecule has 1 aliphatic rings. The highest BCUT2D eigenvalue weighted by Gasteiger charge is 2.31. The Morgan fingerprint density at radius 2 is 1.57 bits per heavy atom. The Hall–Kier alpha value is -2.62. The van der Waals surface area contributed by atoms with Crippen molar-refractivity contribution in [2.75, 3.05) is 13.1 Å². The van der Waals surface area contributed by atoms with Crippen LogP contribution in [0.25, 0.3) is 0 Å². The highest BCUT2D eigenvalue weighted by atomic mass is 16.2. The molecule has 1 fully saturated rings. The normalized spacial score (nSPS) is 16.9. The monoisotopic (exact) mass is 310 g/mol. The number of nitrogens with zero attached hydrogens (tertiary/aromatic N) is 1. The number of hydrogen-bond acceptors (Lipinski definition) is 2. The molecule has 23 heavy (non-hydrogen) atoms. The number of nitrogens with one attached hydrogen (secondary N) is 1. The zero-order valence-corrected chi connectivity index (χ0v) is 13.5. The van der Waals surface area contributed by atoms with Crippen LogP contribution in [0.5, 0.6) is 0 Å². The molecule has 1 heterocycles. The maximum absolute atomic E-state index is 12.5. The molecule has 1 atom stereocenters. The molecule has 0 spiro atoms. The zero-order valence-electron chi connectivity index (χ0n) is 13.5. The third kappa shape index (κ3) is 3.97. The number of carbonyl (C=O) groups excluding carboxylic acids is 2. The molecular formula is C19H22N2O2. The van der Waals surface area contributed by atoms with Gasteiger partial charge in [-0.3, -0.25) is 9.69 Å². The van der Waals surface area contributed by atoms with Crippen molar-refractivity contribution in [3.63, 3.8) is 0 Å². The van der Waals surface area contributed by atoms with Crippen molar-refractivity contribution in [3.8, 4) is 0 Å². The second-order valence-electron chi connectivity index (χ2n) is 5.08. The summed E-state index contributed by atoms with van der Waals surface area (Å²) in [5, 5.41) is 2.80. The molecule has 0 bridgehead atoms. The Balaban J connectivity index is 0.000000924. The summed E-state index contributed by atoms with van der Waals surface area (Å²) < 4.78 is 0. The molecule has 1 N–H and O–H groups in total. The summed E-state index contributed by atoms with van der Waals surface area (Å²) in [7, 11) is 0. The summed E-state index contributed by atoms with van der Waals surface area (Å²) in [6.07, 6.45) is 0. The van der Waals surface area contributed by atoms with Crippen LogP contribution < -0.4 is 5.32 Å². The van der Waals surface area contributed by atoms with Crippen molar-refractivity contribution in [1.82, 2.24) is 10.2 Å². The molecule has 1 saturated heterocycles. The van der Waals surface area contributed by atoms with Gasteiger partial charge in [-0.15, -0.1) is 0 Å². The molecule has 0 aromatic heterocycles. The van der Waals surface area contributed by atoms with Crippen LogP contribution in [0, 0.1) is 0 Å². The first-order valence-corrected chi connectivity index (χ1v) is 7.95. The fourth-order valence-corrected chi connectivity index (χ4v) is 2.53. The van der Waals surface area contributed by atoms with Crippen molar-refractivity contribution >= 4 is 11.9 Å². The van der Waals surface area contributed by atoms with Gasteiger partial charge in [0, 0.05) is 24.6 Å². The molecule has 120 valence electrons. The molecule has 0 saturated carbocycles. The van der Waals surface area contributed by atoms with Crippen molar-refractivity contribution in [3.05, 3.63) is 71.8 Å². The zero-order chi connectivity index (χ0) is 16.7. The molecule has 4 heteroatoms. The topological polar surface area (TPSA) is 49.4 Å². The maximum Gasteiger partial charge on any atom is 0.324 e. The standard InChI is InChI=1S/C17H16N2O2.C2H6/c20-16(14-9-5-2-6-10-14)19-12-15(11-18-17(19)21)13-7-3-1-4-8-13;1-2/h1-10,15H,11-12H2,(H,18,21);1-2H3. The lowest BCUT2D eigenvalue weighted by Crippen LogP contribution is -2.52. The average molecular weight is 310 g/mol. The van der Waals surface area contributed by atoms with Crippen LogP contribution in [0.4, 0.5) is 4.79 Å². The van der Waals surface area contributed by atoms with Gasteiger partial charge in [0.1, 0.15) is 0 Å². The minimum Gasteiger partial charge on any atom is -0.337 e. The first kappa shape index (κ1) is 16.7. The number of amides is 3. The van der Waals surface area contributed by atoms with Crippen molar-refractivity contribution < 1.29 is 9.59 Å². The Morgan fingerprint density at radius 3 is 2.17 bits per heavy atom. The van der Waals surface area contributed by atoms with Gasteiger partial charge in [-0.25, -0.2) is 4.79 Å². The molecular weight excluding hydrogens is 288 g/mol. The molecule has 2 aromatic carbocycles. The Bertz CT molecular complexity index is 641. The summed E-state index contributed by atoms with van der Waals surface area (Å²) >= 11 is 0. The van der Waals surface area contributed by atoms with Crippen LogP contribution in [0.2, 0.25) is 0 Å². The summed E-state index contributed by atoms with van der Waals surface area (Å²) in [5.74, 6) is -0.134. The third-order valence-corrected chi connectivity index (χ3v) is 3.68. The van der Waals surface area contributed by atoms with Crippen molar-refractivity contribution in [2.45, 2.75) is 19.8 Å². The van der Waals surface area contributed by atoms with E-state index in [9.17, 15) is 9.59 Å². The predicted molar refractivity (Wildman–Crippen MR) is 91.4 cm³/mol. The molecule has 3 amide bonds. The van der Waals surface area contributed by atoms with Gasteiger partial charge in [0.25, 0.3) is 5.91 Å². The molecule has 0 aliphatic carbocycles. The summed E-state index contributed by atoms with van der Waals surface area (Å²) in [5.41, 5.74) is 1.66. The number of rotatable bonds is 2. The van der Waals surface area contributed by atoms with Crippen molar-refractivity contribution in [1.29, 1.82) is 0 Å². The van der Waals surface area contributed by atoms with E-state index in [2.05, 4.69) is 5.32 Å². The smallest absolute Gasteiger partial charge is 0.324 e. The SMILES string of the molecule is CC.O=C1NCC(c2ccccc2)CN1C(=O)c1ccccc1. The van der Waals surface area contributed by atoms with Gasteiger partial charge in [-0.05, 0) is 17.7 Å². The quantitative estimate of drug-likeness (QED) is 0.920. The Labute approximate surface area is 137 Å². The fourth-order valence-electron chi connectivity index (χ4n) is 2.53. The number of benzene rings is 2. The lowest BCUT2D eigenvalue weighted by atomic mass is 9.97. The van der Waals surface area contributed by atoms with E-state index in [4.69, 9.17) is 0 Å². The number of imide groups is 1. The maximum atomic E-state index is 12.5. The second-order valence-corrected chi connectivity index (χ2v) is 5.08. The van der Waals surface area contributed by atoms with Gasteiger partial charge in [0.15, 0.2) is 0 Å². The highest BCUT2D eigenvalue weighted by molar-refractivity contribution is 6.04.